The van der Waals surface area contributed by atoms with Crippen molar-refractivity contribution in [3.05, 3.63) is 50.0 Å². The number of anilines is 1. The number of aromatic amines is 1. The predicted molar refractivity (Wildman–Crippen MR) is 94.0 cm³/mol. The Bertz CT molecular complexity index is 997. The molecule has 0 atom stereocenters. The summed E-state index contributed by atoms with van der Waals surface area (Å²) in [6.07, 6.45) is 1.13. The Balaban J connectivity index is 2.20. The van der Waals surface area contributed by atoms with Crippen molar-refractivity contribution in [1.82, 2.24) is 9.55 Å². The van der Waals surface area contributed by atoms with Gasteiger partial charge in [0.1, 0.15) is 11.3 Å². The molecule has 0 aliphatic rings. The van der Waals surface area contributed by atoms with Crippen LogP contribution in [0.4, 0.5) is 5.88 Å². The molecule has 1 amide bonds. The molecule has 0 aliphatic heterocycles. The second-order valence-electron chi connectivity index (χ2n) is 5.62. The molecule has 27 heavy (non-hydrogen) atoms. The van der Waals surface area contributed by atoms with Gasteiger partial charge in [-0.15, -0.1) is 0 Å². The number of aromatic nitrogens is 2. The number of rotatable bonds is 7. The second kappa shape index (κ2) is 8.30. The lowest BCUT2D eigenvalue weighted by Gasteiger charge is -2.07. The van der Waals surface area contributed by atoms with E-state index in [1.54, 1.807) is 6.92 Å². The van der Waals surface area contributed by atoms with Gasteiger partial charge in [0.25, 0.3) is 5.56 Å². The Labute approximate surface area is 153 Å². The second-order valence-corrected chi connectivity index (χ2v) is 5.62. The highest BCUT2D eigenvalue weighted by molar-refractivity contribution is 6.10. The molecule has 2 heterocycles. The van der Waals surface area contributed by atoms with Crippen molar-refractivity contribution in [3.8, 4) is 0 Å². The van der Waals surface area contributed by atoms with Crippen LogP contribution in [0.3, 0.4) is 0 Å². The van der Waals surface area contributed by atoms with Gasteiger partial charge < -0.3 is 13.7 Å². The van der Waals surface area contributed by atoms with Crippen LogP contribution in [0, 0.1) is 6.92 Å². The standard InChI is InChI=1S/C17H19N3O7/c1-4-26-16(24)14-13(9(2)21)10(3)27-15(14)18-11(22)5-7-20-8-6-12(23)19-17(20)25/h6,8H,4-5,7H2,1-3H3,(H,18,22)(H,19,23,25). The summed E-state index contributed by atoms with van der Waals surface area (Å²) < 4.78 is 11.5. The first-order valence-corrected chi connectivity index (χ1v) is 8.15. The SMILES string of the molecule is CCOC(=O)c1c(NC(=O)CCn2ccc(=O)[nH]c2=O)oc(C)c1C(C)=O. The van der Waals surface area contributed by atoms with E-state index in [9.17, 15) is 24.0 Å². The molecule has 2 aromatic rings. The van der Waals surface area contributed by atoms with Gasteiger partial charge in [0, 0.05) is 25.2 Å². The fourth-order valence-electron chi connectivity index (χ4n) is 2.49. The summed E-state index contributed by atoms with van der Waals surface area (Å²) in [5.74, 6) is -1.75. The first-order chi connectivity index (χ1) is 12.7. The van der Waals surface area contributed by atoms with Crippen LogP contribution in [0.15, 0.2) is 26.3 Å². The summed E-state index contributed by atoms with van der Waals surface area (Å²) in [6, 6.07) is 1.16. The van der Waals surface area contributed by atoms with Gasteiger partial charge in [-0.2, -0.15) is 0 Å². The van der Waals surface area contributed by atoms with Crippen molar-refractivity contribution in [3.63, 3.8) is 0 Å². The van der Waals surface area contributed by atoms with E-state index >= 15 is 0 Å². The average molecular weight is 377 g/mol. The van der Waals surface area contributed by atoms with Crippen LogP contribution in [0.5, 0.6) is 0 Å². The number of carbonyl (C=O) groups is 3. The van der Waals surface area contributed by atoms with Gasteiger partial charge in [0.2, 0.25) is 11.8 Å². The first kappa shape index (κ1) is 19.9. The zero-order valence-corrected chi connectivity index (χ0v) is 15.1. The Hall–Kier alpha value is -3.43. The molecule has 0 saturated heterocycles. The third kappa shape index (κ3) is 4.60. The fourth-order valence-corrected chi connectivity index (χ4v) is 2.49. The van der Waals surface area contributed by atoms with Gasteiger partial charge in [-0.3, -0.25) is 24.7 Å². The summed E-state index contributed by atoms with van der Waals surface area (Å²) in [7, 11) is 0. The summed E-state index contributed by atoms with van der Waals surface area (Å²) in [6.45, 7) is 4.46. The third-order valence-corrected chi connectivity index (χ3v) is 3.65. The molecular formula is C17H19N3O7. The maximum absolute atomic E-state index is 12.2. The predicted octanol–water partition coefficient (Wildman–Crippen LogP) is 0.846. The number of hydrogen-bond acceptors (Lipinski definition) is 7. The van der Waals surface area contributed by atoms with Gasteiger partial charge >= 0.3 is 11.7 Å². The molecule has 0 unspecified atom stereocenters. The zero-order chi connectivity index (χ0) is 20.1. The lowest BCUT2D eigenvalue weighted by molar-refractivity contribution is -0.116. The molecule has 0 saturated carbocycles. The molecule has 2 rings (SSSR count). The van der Waals surface area contributed by atoms with Crippen molar-refractivity contribution in [2.45, 2.75) is 33.7 Å². The van der Waals surface area contributed by atoms with Crippen LogP contribution in [0.1, 0.15) is 46.7 Å². The molecule has 2 N–H and O–H groups in total. The van der Waals surface area contributed by atoms with Gasteiger partial charge in [0.15, 0.2) is 5.78 Å². The van der Waals surface area contributed by atoms with Gasteiger partial charge in [-0.25, -0.2) is 9.59 Å². The van der Waals surface area contributed by atoms with Crippen LogP contribution in [0.25, 0.3) is 0 Å². The smallest absolute Gasteiger partial charge is 0.344 e. The minimum atomic E-state index is -0.785. The lowest BCUT2D eigenvalue weighted by atomic mass is 10.1. The number of ketones is 1. The maximum atomic E-state index is 12.2. The van der Waals surface area contributed by atoms with Crippen molar-refractivity contribution >= 4 is 23.5 Å². The van der Waals surface area contributed by atoms with E-state index in [2.05, 4.69) is 10.3 Å². The summed E-state index contributed by atoms with van der Waals surface area (Å²) >= 11 is 0. The molecule has 2 aromatic heterocycles. The number of H-pyrrole nitrogens is 1. The van der Waals surface area contributed by atoms with Gasteiger partial charge in [0.05, 0.1) is 12.2 Å². The van der Waals surface area contributed by atoms with Gasteiger partial charge in [-0.1, -0.05) is 0 Å². The number of nitrogens with zero attached hydrogens (tertiary/aromatic N) is 1. The molecule has 0 spiro atoms. The number of furan rings is 1. The van der Waals surface area contributed by atoms with Crippen molar-refractivity contribution in [1.29, 1.82) is 0 Å². The monoisotopic (exact) mass is 377 g/mol. The topological polar surface area (TPSA) is 140 Å². The van der Waals surface area contributed by atoms with Crippen LogP contribution >= 0.6 is 0 Å². The Morgan fingerprint density at radius 2 is 1.96 bits per heavy atom. The quantitative estimate of drug-likeness (QED) is 0.538. The molecule has 10 nitrogen and oxygen atoms in total. The molecule has 0 bridgehead atoms. The minimum Gasteiger partial charge on any atom is -0.462 e. The molecule has 0 aromatic carbocycles. The fraction of sp³-hybridized carbons (Fsp3) is 0.353. The van der Waals surface area contributed by atoms with Crippen molar-refractivity contribution in [2.75, 3.05) is 11.9 Å². The highest BCUT2D eigenvalue weighted by Gasteiger charge is 2.28. The molecule has 0 radical (unpaired) electrons. The number of Topliss-reactive ketones (excluding diaryl/α,β-unsaturated/α-hetero) is 1. The molecule has 0 aliphatic carbocycles. The largest absolute Gasteiger partial charge is 0.462 e. The van der Waals surface area contributed by atoms with Crippen LogP contribution in [-0.2, 0) is 16.1 Å². The summed E-state index contributed by atoms with van der Waals surface area (Å²) in [5.41, 5.74) is -1.28. The van der Waals surface area contributed by atoms with Crippen molar-refractivity contribution in [2.24, 2.45) is 0 Å². The van der Waals surface area contributed by atoms with E-state index < -0.39 is 28.9 Å². The van der Waals surface area contributed by atoms with E-state index in [1.807, 2.05) is 0 Å². The molecular weight excluding hydrogens is 358 g/mol. The summed E-state index contributed by atoms with van der Waals surface area (Å²) in [4.78, 5) is 60.9. The first-order valence-electron chi connectivity index (χ1n) is 8.15. The number of hydrogen-bond donors (Lipinski definition) is 2. The third-order valence-electron chi connectivity index (χ3n) is 3.65. The van der Waals surface area contributed by atoms with Crippen molar-refractivity contribution < 1.29 is 23.5 Å². The zero-order valence-electron chi connectivity index (χ0n) is 15.1. The Kier molecular flexibility index (Phi) is 6.11. The van der Waals surface area contributed by atoms with E-state index in [0.717, 1.165) is 10.6 Å². The summed E-state index contributed by atoms with van der Waals surface area (Å²) in [5, 5.41) is 2.42. The Morgan fingerprint density at radius 3 is 2.56 bits per heavy atom. The number of carbonyl (C=O) groups excluding carboxylic acids is 3. The molecule has 10 heteroatoms. The number of nitrogens with one attached hydrogen (secondary N) is 2. The van der Waals surface area contributed by atoms with Crippen LogP contribution < -0.4 is 16.6 Å². The number of aryl methyl sites for hydroxylation is 2. The molecule has 144 valence electrons. The van der Waals surface area contributed by atoms with E-state index in [-0.39, 0.29) is 42.3 Å². The van der Waals surface area contributed by atoms with E-state index in [1.165, 1.54) is 20.0 Å². The van der Waals surface area contributed by atoms with Gasteiger partial charge in [-0.05, 0) is 20.8 Å². The number of ether oxygens (including phenoxy) is 1. The average Bonchev–Trinajstić information content (AvgIpc) is 2.90. The number of esters is 1. The van der Waals surface area contributed by atoms with Crippen LogP contribution in [0.2, 0.25) is 0 Å². The Morgan fingerprint density at radius 1 is 1.26 bits per heavy atom. The highest BCUT2D eigenvalue weighted by Crippen LogP contribution is 2.28. The highest BCUT2D eigenvalue weighted by atomic mass is 16.5. The minimum absolute atomic E-state index is 0.00452. The lowest BCUT2D eigenvalue weighted by Crippen LogP contribution is -2.29. The van der Waals surface area contributed by atoms with Crippen LogP contribution in [-0.4, -0.2) is 33.8 Å². The molecule has 0 fully saturated rings. The number of amides is 1. The van der Waals surface area contributed by atoms with E-state index in [4.69, 9.17) is 9.15 Å². The normalized spacial score (nSPS) is 10.5. The maximum Gasteiger partial charge on any atom is 0.344 e. The van der Waals surface area contributed by atoms with E-state index in [0.29, 0.717) is 0 Å².